The van der Waals surface area contributed by atoms with Crippen molar-refractivity contribution in [1.82, 2.24) is 14.9 Å². The summed E-state index contributed by atoms with van der Waals surface area (Å²) >= 11 is 0. The van der Waals surface area contributed by atoms with Crippen LogP contribution in [-0.4, -0.2) is 50.5 Å². The summed E-state index contributed by atoms with van der Waals surface area (Å²) in [5.41, 5.74) is 3.16. The molecule has 0 saturated carbocycles. The van der Waals surface area contributed by atoms with Crippen molar-refractivity contribution in [2.24, 2.45) is 0 Å². The molecular formula is C26H27N5O4. The second-order valence-corrected chi connectivity index (χ2v) is 8.73. The summed E-state index contributed by atoms with van der Waals surface area (Å²) in [6, 6.07) is 13.8. The maximum atomic E-state index is 12.9. The van der Waals surface area contributed by atoms with E-state index in [2.05, 4.69) is 34.4 Å². The maximum Gasteiger partial charge on any atom is 0.338 e. The Bertz CT molecular complexity index is 1210. The molecule has 35 heavy (non-hydrogen) atoms. The molecule has 0 bridgehead atoms. The first-order valence-corrected chi connectivity index (χ1v) is 11.5. The average molecular weight is 474 g/mol. The minimum absolute atomic E-state index is 0.00959. The number of benzene rings is 2. The largest absolute Gasteiger partial charge is 0.478 e. The highest BCUT2D eigenvalue weighted by Gasteiger charge is 2.34. The van der Waals surface area contributed by atoms with E-state index in [0.717, 1.165) is 6.42 Å². The van der Waals surface area contributed by atoms with Gasteiger partial charge < -0.3 is 20.6 Å². The van der Waals surface area contributed by atoms with Crippen molar-refractivity contribution in [3.8, 4) is 11.4 Å². The van der Waals surface area contributed by atoms with E-state index in [0.29, 0.717) is 41.6 Å². The fourth-order valence-electron chi connectivity index (χ4n) is 3.94. The molecule has 180 valence electrons. The summed E-state index contributed by atoms with van der Waals surface area (Å²) in [4.78, 5) is 46.5. The van der Waals surface area contributed by atoms with Crippen molar-refractivity contribution >= 4 is 29.3 Å². The predicted molar refractivity (Wildman–Crippen MR) is 132 cm³/mol. The third kappa shape index (κ3) is 5.63. The van der Waals surface area contributed by atoms with E-state index in [1.165, 1.54) is 18.0 Å². The standard InChI is InChI=1S/C26H27N5O4/c1-16(2)17-5-9-21(10-6-17)30-26(35)31-13-3-4-22(31)24(32)29-20-11-7-18(8-12-20)23-27-14-19(15-28-23)25(33)34/h5-12,14-16,22H,3-4,13H2,1-2H3,(H,29,32)(H,30,35)(H,33,34)/t22-/m0/s1. The Labute approximate surface area is 203 Å². The molecule has 0 spiro atoms. The number of nitrogens with zero attached hydrogens (tertiary/aromatic N) is 3. The third-order valence-electron chi connectivity index (χ3n) is 5.95. The van der Waals surface area contributed by atoms with Gasteiger partial charge in [-0.05, 0) is 60.7 Å². The predicted octanol–water partition coefficient (Wildman–Crippen LogP) is 4.60. The second kappa shape index (κ2) is 10.3. The van der Waals surface area contributed by atoms with Crippen molar-refractivity contribution in [2.75, 3.05) is 17.2 Å². The fraction of sp³-hybridized carbons (Fsp3) is 0.269. The lowest BCUT2D eigenvalue weighted by Crippen LogP contribution is -2.45. The molecule has 1 saturated heterocycles. The monoisotopic (exact) mass is 473 g/mol. The number of carboxylic acids is 1. The van der Waals surface area contributed by atoms with Gasteiger partial charge in [-0.2, -0.15) is 0 Å². The highest BCUT2D eigenvalue weighted by atomic mass is 16.4. The molecule has 2 heterocycles. The zero-order chi connectivity index (χ0) is 24.9. The van der Waals surface area contributed by atoms with Gasteiger partial charge in [0.2, 0.25) is 5.91 Å². The fourth-order valence-corrected chi connectivity index (χ4v) is 3.94. The Morgan fingerprint density at radius 1 is 0.943 bits per heavy atom. The van der Waals surface area contributed by atoms with Crippen LogP contribution in [0.15, 0.2) is 60.9 Å². The van der Waals surface area contributed by atoms with Gasteiger partial charge in [0, 0.05) is 35.9 Å². The molecule has 3 N–H and O–H groups in total. The molecule has 3 amide bonds. The van der Waals surface area contributed by atoms with Crippen molar-refractivity contribution in [3.05, 3.63) is 72.1 Å². The Morgan fingerprint density at radius 2 is 1.54 bits per heavy atom. The SMILES string of the molecule is CC(C)c1ccc(NC(=O)N2CCC[C@H]2C(=O)Nc2ccc(-c3ncc(C(=O)O)cn3)cc2)cc1. The van der Waals surface area contributed by atoms with Gasteiger partial charge in [-0.15, -0.1) is 0 Å². The maximum absolute atomic E-state index is 12.9. The smallest absolute Gasteiger partial charge is 0.338 e. The van der Waals surface area contributed by atoms with Crippen LogP contribution < -0.4 is 10.6 Å². The number of likely N-dealkylation sites (tertiary alicyclic amines) is 1. The van der Waals surface area contributed by atoms with Crippen LogP contribution in [0.5, 0.6) is 0 Å². The number of amides is 3. The molecule has 9 nitrogen and oxygen atoms in total. The first-order valence-electron chi connectivity index (χ1n) is 11.5. The van der Waals surface area contributed by atoms with Crippen LogP contribution in [0.4, 0.5) is 16.2 Å². The first-order chi connectivity index (χ1) is 16.8. The highest BCUT2D eigenvalue weighted by Crippen LogP contribution is 2.23. The van der Waals surface area contributed by atoms with Crippen LogP contribution in [-0.2, 0) is 4.79 Å². The molecule has 9 heteroatoms. The van der Waals surface area contributed by atoms with Gasteiger partial charge in [0.1, 0.15) is 6.04 Å². The topological polar surface area (TPSA) is 125 Å². The summed E-state index contributed by atoms with van der Waals surface area (Å²) in [6.45, 7) is 4.73. The summed E-state index contributed by atoms with van der Waals surface area (Å²) in [5, 5.41) is 14.7. The van der Waals surface area contributed by atoms with Gasteiger partial charge in [0.05, 0.1) is 5.56 Å². The molecule has 1 atom stereocenters. The molecule has 3 aromatic rings. The van der Waals surface area contributed by atoms with E-state index in [-0.39, 0.29) is 17.5 Å². The van der Waals surface area contributed by atoms with E-state index in [4.69, 9.17) is 5.11 Å². The number of carbonyl (C=O) groups is 3. The van der Waals surface area contributed by atoms with Crippen LogP contribution in [0.25, 0.3) is 11.4 Å². The summed E-state index contributed by atoms with van der Waals surface area (Å²) in [5.74, 6) is -0.547. The number of anilines is 2. The number of carbonyl (C=O) groups excluding carboxylic acids is 2. The van der Waals surface area contributed by atoms with Crippen molar-refractivity contribution in [1.29, 1.82) is 0 Å². The third-order valence-corrected chi connectivity index (χ3v) is 5.95. The number of hydrogen-bond donors (Lipinski definition) is 3. The Kier molecular flexibility index (Phi) is 7.05. The summed E-state index contributed by atoms with van der Waals surface area (Å²) < 4.78 is 0. The Morgan fingerprint density at radius 3 is 2.14 bits per heavy atom. The van der Waals surface area contributed by atoms with Crippen LogP contribution in [0.2, 0.25) is 0 Å². The Hall–Kier alpha value is -4.27. The number of aromatic nitrogens is 2. The average Bonchev–Trinajstić information content (AvgIpc) is 3.35. The lowest BCUT2D eigenvalue weighted by Gasteiger charge is -2.24. The minimum atomic E-state index is -1.09. The lowest BCUT2D eigenvalue weighted by atomic mass is 10.0. The van der Waals surface area contributed by atoms with Crippen molar-refractivity contribution in [3.63, 3.8) is 0 Å². The molecular weight excluding hydrogens is 446 g/mol. The molecule has 0 radical (unpaired) electrons. The quantitative estimate of drug-likeness (QED) is 0.481. The summed E-state index contributed by atoms with van der Waals surface area (Å²) in [6.07, 6.45) is 3.84. The molecule has 1 aromatic heterocycles. The van der Waals surface area contributed by atoms with E-state index in [1.54, 1.807) is 29.2 Å². The van der Waals surface area contributed by atoms with E-state index in [1.807, 2.05) is 24.3 Å². The Balaban J connectivity index is 1.37. The molecule has 4 rings (SSSR count). The molecule has 1 aliphatic rings. The van der Waals surface area contributed by atoms with Gasteiger partial charge in [0.15, 0.2) is 5.82 Å². The molecule has 1 aliphatic heterocycles. The number of nitrogens with one attached hydrogen (secondary N) is 2. The zero-order valence-corrected chi connectivity index (χ0v) is 19.6. The lowest BCUT2D eigenvalue weighted by molar-refractivity contribution is -0.119. The normalized spacial score (nSPS) is 15.2. The molecule has 0 aliphatic carbocycles. The number of aromatic carboxylic acids is 1. The van der Waals surface area contributed by atoms with Gasteiger partial charge in [-0.1, -0.05) is 26.0 Å². The highest BCUT2D eigenvalue weighted by molar-refractivity contribution is 5.99. The van der Waals surface area contributed by atoms with Crippen molar-refractivity contribution < 1.29 is 19.5 Å². The second-order valence-electron chi connectivity index (χ2n) is 8.73. The molecule has 1 fully saturated rings. The molecule has 0 unspecified atom stereocenters. The number of hydrogen-bond acceptors (Lipinski definition) is 5. The zero-order valence-electron chi connectivity index (χ0n) is 19.6. The first kappa shape index (κ1) is 23.9. The van der Waals surface area contributed by atoms with Gasteiger partial charge in [-0.3, -0.25) is 4.79 Å². The summed E-state index contributed by atoms with van der Waals surface area (Å²) in [7, 11) is 0. The number of urea groups is 1. The van der Waals surface area contributed by atoms with Gasteiger partial charge in [0.25, 0.3) is 0 Å². The van der Waals surface area contributed by atoms with E-state index >= 15 is 0 Å². The van der Waals surface area contributed by atoms with Crippen LogP contribution >= 0.6 is 0 Å². The van der Waals surface area contributed by atoms with Gasteiger partial charge in [-0.25, -0.2) is 19.6 Å². The molecule has 2 aromatic carbocycles. The van der Waals surface area contributed by atoms with E-state index < -0.39 is 12.0 Å². The van der Waals surface area contributed by atoms with Crippen LogP contribution in [0, 0.1) is 0 Å². The minimum Gasteiger partial charge on any atom is -0.478 e. The van der Waals surface area contributed by atoms with E-state index in [9.17, 15) is 14.4 Å². The van der Waals surface area contributed by atoms with Crippen molar-refractivity contribution in [2.45, 2.75) is 38.6 Å². The van der Waals surface area contributed by atoms with Gasteiger partial charge >= 0.3 is 12.0 Å². The van der Waals surface area contributed by atoms with Crippen LogP contribution in [0.1, 0.15) is 48.5 Å². The van der Waals surface area contributed by atoms with Crippen LogP contribution in [0.3, 0.4) is 0 Å². The number of rotatable bonds is 6. The number of carboxylic acid groups (broad SMARTS) is 1.